The van der Waals surface area contributed by atoms with Crippen molar-refractivity contribution in [1.82, 2.24) is 10.1 Å². The van der Waals surface area contributed by atoms with Crippen LogP contribution in [0.5, 0.6) is 5.75 Å². The third-order valence-corrected chi connectivity index (χ3v) is 5.81. The summed E-state index contributed by atoms with van der Waals surface area (Å²) in [6.45, 7) is 4.35. The number of nitriles is 1. The standard InChI is InChI=1S/C18H19N7OS/c1-9-7-21-13(10(2)17(9)26-3)8-25-22-12-5-4-11-14(6-19)27-24-18(20)16(23-25)15(11)12/h7,14H,4-5,8H2,1-3H3,(H2,20,24). The molecule has 1 aromatic heterocycles. The van der Waals surface area contributed by atoms with Crippen molar-refractivity contribution in [1.29, 1.82) is 5.26 Å². The van der Waals surface area contributed by atoms with Crippen LogP contribution in [0.4, 0.5) is 0 Å². The Balaban J connectivity index is 1.73. The Morgan fingerprint density at radius 1 is 1.37 bits per heavy atom. The SMILES string of the molecule is COc1c(C)cnc(CN2N=C3CCC4=C3C(=N2)C(N)=NSC4C#N)c1C. The predicted octanol–water partition coefficient (Wildman–Crippen LogP) is 2.24. The highest BCUT2D eigenvalue weighted by atomic mass is 32.2. The number of nitrogens with two attached hydrogens (primary N) is 1. The molecule has 0 fully saturated rings. The van der Waals surface area contributed by atoms with Gasteiger partial charge in [0.2, 0.25) is 0 Å². The molecule has 0 aromatic carbocycles. The van der Waals surface area contributed by atoms with Crippen LogP contribution < -0.4 is 10.5 Å². The van der Waals surface area contributed by atoms with Gasteiger partial charge in [0.25, 0.3) is 0 Å². The molecule has 0 radical (unpaired) electrons. The molecule has 27 heavy (non-hydrogen) atoms. The smallest absolute Gasteiger partial charge is 0.160 e. The van der Waals surface area contributed by atoms with Crippen LogP contribution >= 0.6 is 11.9 Å². The molecule has 4 rings (SSSR count). The van der Waals surface area contributed by atoms with Gasteiger partial charge in [0.15, 0.2) is 5.84 Å². The second-order valence-corrected chi connectivity index (χ2v) is 7.43. The summed E-state index contributed by atoms with van der Waals surface area (Å²) in [7, 11) is 1.66. The molecule has 0 bridgehead atoms. The summed E-state index contributed by atoms with van der Waals surface area (Å²) >= 11 is 1.19. The number of amidine groups is 1. The lowest BCUT2D eigenvalue weighted by molar-refractivity contribution is 0.288. The normalized spacial score (nSPS) is 21.0. The van der Waals surface area contributed by atoms with E-state index in [9.17, 15) is 5.26 Å². The van der Waals surface area contributed by atoms with Gasteiger partial charge < -0.3 is 10.5 Å². The molecule has 0 saturated heterocycles. The number of nitrogens with zero attached hydrogens (tertiary/aromatic N) is 6. The van der Waals surface area contributed by atoms with Crippen LogP contribution in [0.15, 0.2) is 31.9 Å². The first-order valence-corrected chi connectivity index (χ1v) is 9.43. The van der Waals surface area contributed by atoms with Gasteiger partial charge in [0.1, 0.15) is 23.3 Å². The second-order valence-electron chi connectivity index (χ2n) is 6.56. The molecule has 2 N–H and O–H groups in total. The molecular weight excluding hydrogens is 362 g/mol. The molecule has 3 aliphatic rings. The lowest BCUT2D eigenvalue weighted by Crippen LogP contribution is -2.34. The minimum Gasteiger partial charge on any atom is -0.496 e. The van der Waals surface area contributed by atoms with Crippen molar-refractivity contribution in [2.45, 2.75) is 38.5 Å². The van der Waals surface area contributed by atoms with Crippen molar-refractivity contribution in [3.8, 4) is 11.8 Å². The van der Waals surface area contributed by atoms with Crippen LogP contribution in [0.1, 0.15) is 29.7 Å². The van der Waals surface area contributed by atoms with E-state index >= 15 is 0 Å². The van der Waals surface area contributed by atoms with Gasteiger partial charge >= 0.3 is 0 Å². The minimum atomic E-state index is -0.337. The predicted molar refractivity (Wildman–Crippen MR) is 106 cm³/mol. The van der Waals surface area contributed by atoms with Gasteiger partial charge in [-0.1, -0.05) is 0 Å². The van der Waals surface area contributed by atoms with Gasteiger partial charge in [-0.25, -0.2) is 0 Å². The third kappa shape index (κ3) is 2.86. The third-order valence-electron chi connectivity index (χ3n) is 4.90. The van der Waals surface area contributed by atoms with E-state index in [4.69, 9.17) is 10.5 Å². The lowest BCUT2D eigenvalue weighted by atomic mass is 10.0. The highest BCUT2D eigenvalue weighted by Gasteiger charge is 2.37. The molecule has 9 heteroatoms. The fourth-order valence-electron chi connectivity index (χ4n) is 3.60. The number of hydrogen-bond donors (Lipinski definition) is 1. The Morgan fingerprint density at radius 2 is 2.19 bits per heavy atom. The van der Waals surface area contributed by atoms with Crippen molar-refractivity contribution in [2.75, 3.05) is 7.11 Å². The van der Waals surface area contributed by atoms with E-state index in [1.807, 2.05) is 13.8 Å². The van der Waals surface area contributed by atoms with Crippen LogP contribution in [0.3, 0.4) is 0 Å². The molecule has 1 atom stereocenters. The summed E-state index contributed by atoms with van der Waals surface area (Å²) in [6.07, 6.45) is 3.35. The van der Waals surface area contributed by atoms with Crippen LogP contribution in [0.25, 0.3) is 0 Å². The average molecular weight is 381 g/mol. The first-order valence-electron chi connectivity index (χ1n) is 8.59. The molecule has 3 heterocycles. The molecule has 1 unspecified atom stereocenters. The van der Waals surface area contributed by atoms with E-state index in [-0.39, 0.29) is 5.25 Å². The highest BCUT2D eigenvalue weighted by Crippen LogP contribution is 2.38. The molecule has 0 spiro atoms. The number of pyridine rings is 1. The van der Waals surface area contributed by atoms with Crippen molar-refractivity contribution >= 4 is 29.2 Å². The molecule has 0 amide bonds. The van der Waals surface area contributed by atoms with Crippen molar-refractivity contribution in [3.63, 3.8) is 0 Å². The highest BCUT2D eigenvalue weighted by molar-refractivity contribution is 7.99. The molecular formula is C18H19N7OS. The molecule has 1 aliphatic carbocycles. The topological polar surface area (TPSA) is 112 Å². The number of aryl methyl sites for hydroxylation is 1. The number of rotatable bonds is 3. The van der Waals surface area contributed by atoms with Gasteiger partial charge in [-0.2, -0.15) is 25.0 Å². The lowest BCUT2D eigenvalue weighted by Gasteiger charge is -2.23. The van der Waals surface area contributed by atoms with E-state index in [0.717, 1.165) is 52.3 Å². The van der Waals surface area contributed by atoms with Gasteiger partial charge in [-0.3, -0.25) is 4.98 Å². The number of ether oxygens (including phenoxy) is 1. The summed E-state index contributed by atoms with van der Waals surface area (Å²) in [5.41, 5.74) is 12.4. The fourth-order valence-corrected chi connectivity index (χ4v) is 4.31. The Labute approximate surface area is 161 Å². The Bertz CT molecular complexity index is 986. The number of hydrazone groups is 2. The van der Waals surface area contributed by atoms with E-state index in [1.54, 1.807) is 18.4 Å². The quantitative estimate of drug-likeness (QED) is 0.804. The van der Waals surface area contributed by atoms with Gasteiger partial charge in [-0.05, 0) is 44.2 Å². The molecule has 1 aromatic rings. The Morgan fingerprint density at radius 3 is 2.93 bits per heavy atom. The maximum atomic E-state index is 9.44. The van der Waals surface area contributed by atoms with E-state index in [0.29, 0.717) is 18.1 Å². The van der Waals surface area contributed by atoms with Crippen molar-refractivity contribution < 1.29 is 4.74 Å². The van der Waals surface area contributed by atoms with Gasteiger partial charge in [0.05, 0.1) is 24.6 Å². The number of aromatic nitrogens is 1. The molecule has 138 valence electrons. The van der Waals surface area contributed by atoms with Crippen LogP contribution in [0, 0.1) is 25.2 Å². The zero-order valence-corrected chi connectivity index (χ0v) is 16.2. The summed E-state index contributed by atoms with van der Waals surface area (Å²) < 4.78 is 9.76. The summed E-state index contributed by atoms with van der Waals surface area (Å²) in [6, 6.07) is 2.30. The van der Waals surface area contributed by atoms with Gasteiger partial charge in [0, 0.05) is 22.9 Å². The molecule has 8 nitrogen and oxygen atoms in total. The Hall–Kier alpha value is -2.86. The van der Waals surface area contributed by atoms with E-state index in [2.05, 4.69) is 25.7 Å². The first kappa shape index (κ1) is 17.5. The van der Waals surface area contributed by atoms with E-state index in [1.165, 1.54) is 11.9 Å². The zero-order valence-electron chi connectivity index (χ0n) is 15.4. The maximum absolute atomic E-state index is 9.44. The monoisotopic (exact) mass is 381 g/mol. The number of methoxy groups -OCH3 is 1. The Kier molecular flexibility index (Phi) is 4.36. The maximum Gasteiger partial charge on any atom is 0.160 e. The summed E-state index contributed by atoms with van der Waals surface area (Å²) in [5.74, 6) is 1.15. The molecule has 2 aliphatic heterocycles. The van der Waals surface area contributed by atoms with E-state index < -0.39 is 0 Å². The van der Waals surface area contributed by atoms with Crippen molar-refractivity contribution in [2.24, 2.45) is 20.3 Å². The van der Waals surface area contributed by atoms with Crippen LogP contribution in [-0.2, 0) is 6.54 Å². The zero-order chi connectivity index (χ0) is 19.1. The minimum absolute atomic E-state index is 0.329. The average Bonchev–Trinajstić information content (AvgIpc) is 3.02. The fraction of sp³-hybridized carbons (Fsp3) is 0.389. The number of hydrogen-bond acceptors (Lipinski definition) is 9. The molecule has 0 saturated carbocycles. The van der Waals surface area contributed by atoms with Gasteiger partial charge in [-0.15, -0.1) is 0 Å². The second kappa shape index (κ2) is 6.70. The first-order chi connectivity index (χ1) is 13.0. The van der Waals surface area contributed by atoms with Crippen LogP contribution in [0.2, 0.25) is 0 Å². The summed E-state index contributed by atoms with van der Waals surface area (Å²) in [4.78, 5) is 4.53. The largest absolute Gasteiger partial charge is 0.496 e. The summed E-state index contributed by atoms with van der Waals surface area (Å²) in [5, 5.41) is 20.0. The van der Waals surface area contributed by atoms with Crippen LogP contribution in [-0.4, -0.2) is 39.7 Å². The van der Waals surface area contributed by atoms with Crippen molar-refractivity contribution in [3.05, 3.63) is 34.2 Å².